The van der Waals surface area contributed by atoms with Gasteiger partial charge < -0.3 is 0 Å². The van der Waals surface area contributed by atoms with Gasteiger partial charge in [-0.3, -0.25) is 0 Å². The van der Waals surface area contributed by atoms with Gasteiger partial charge in [0.25, 0.3) is 0 Å². The maximum atomic E-state index is 3.73. The Balaban J connectivity index is 1.87. The van der Waals surface area contributed by atoms with Gasteiger partial charge in [-0.15, -0.1) is 0 Å². The zero-order valence-corrected chi connectivity index (χ0v) is 17.5. The van der Waals surface area contributed by atoms with Crippen LogP contribution in [0.2, 0.25) is 0 Å². The average Bonchev–Trinajstić information content (AvgIpc) is 3.14. The van der Waals surface area contributed by atoms with E-state index in [1.54, 1.807) is 0 Å². The monoisotopic (exact) mass is 472 g/mol. The Bertz CT molecular complexity index is 1210. The van der Waals surface area contributed by atoms with Crippen molar-refractivity contribution in [3.05, 3.63) is 116 Å². The maximum Gasteiger partial charge on any atom is 0.0725 e. The lowest BCUT2D eigenvalue weighted by molar-refractivity contribution is 0.793. The molecule has 1 spiro atoms. The van der Waals surface area contributed by atoms with Gasteiger partial charge in [0, 0.05) is 8.95 Å². The Kier molecular flexibility index (Phi) is 3.19. The van der Waals surface area contributed by atoms with Crippen molar-refractivity contribution in [3.8, 4) is 22.3 Å². The molecule has 2 aliphatic carbocycles. The van der Waals surface area contributed by atoms with E-state index in [4.69, 9.17) is 0 Å². The first-order valence-corrected chi connectivity index (χ1v) is 10.6. The molecular formula is C25H14Br2. The second kappa shape index (κ2) is 5.43. The van der Waals surface area contributed by atoms with Gasteiger partial charge in [-0.2, -0.15) is 0 Å². The third-order valence-electron chi connectivity index (χ3n) is 6.01. The van der Waals surface area contributed by atoms with Crippen LogP contribution in [0.25, 0.3) is 22.3 Å². The second-order valence-corrected chi connectivity index (χ2v) is 9.05. The number of hydrogen-bond donors (Lipinski definition) is 0. The number of rotatable bonds is 0. The van der Waals surface area contributed by atoms with Crippen LogP contribution in [0.15, 0.2) is 93.9 Å². The Hall–Kier alpha value is -2.16. The minimum absolute atomic E-state index is 0.248. The summed E-state index contributed by atoms with van der Waals surface area (Å²) in [5, 5.41) is 0. The molecule has 0 saturated carbocycles. The summed E-state index contributed by atoms with van der Waals surface area (Å²) in [7, 11) is 0. The summed E-state index contributed by atoms with van der Waals surface area (Å²) in [6.45, 7) is 0. The molecule has 6 rings (SSSR count). The fourth-order valence-electron chi connectivity index (χ4n) is 5.09. The summed E-state index contributed by atoms with van der Waals surface area (Å²) >= 11 is 7.41. The van der Waals surface area contributed by atoms with Crippen molar-refractivity contribution in [2.75, 3.05) is 0 Å². The average molecular weight is 474 g/mol. The SMILES string of the molecule is Brc1ccc2c(c1)-c1ccc(Br)cc1C21c2ccccc2-c2ccccc21. The number of hydrogen-bond acceptors (Lipinski definition) is 0. The van der Waals surface area contributed by atoms with Crippen LogP contribution in [-0.2, 0) is 5.41 Å². The lowest BCUT2D eigenvalue weighted by Gasteiger charge is -2.30. The second-order valence-electron chi connectivity index (χ2n) is 7.22. The maximum absolute atomic E-state index is 3.73. The minimum atomic E-state index is -0.248. The Labute approximate surface area is 175 Å². The Morgan fingerprint density at radius 1 is 0.444 bits per heavy atom. The predicted molar refractivity (Wildman–Crippen MR) is 118 cm³/mol. The minimum Gasteiger partial charge on any atom is -0.0619 e. The third-order valence-corrected chi connectivity index (χ3v) is 7.00. The predicted octanol–water partition coefficient (Wildman–Crippen LogP) is 7.56. The molecule has 0 nitrogen and oxygen atoms in total. The highest BCUT2D eigenvalue weighted by Crippen LogP contribution is 2.63. The van der Waals surface area contributed by atoms with Crippen LogP contribution in [0, 0.1) is 0 Å². The van der Waals surface area contributed by atoms with Crippen molar-refractivity contribution in [1.82, 2.24) is 0 Å². The normalized spacial score (nSPS) is 14.6. The summed E-state index contributed by atoms with van der Waals surface area (Å²) in [5.41, 5.74) is 10.6. The van der Waals surface area contributed by atoms with Crippen molar-refractivity contribution < 1.29 is 0 Å². The summed E-state index contributed by atoms with van der Waals surface area (Å²) in [6.07, 6.45) is 0. The van der Waals surface area contributed by atoms with Gasteiger partial charge >= 0.3 is 0 Å². The molecule has 0 aromatic heterocycles. The topological polar surface area (TPSA) is 0 Å². The van der Waals surface area contributed by atoms with Crippen molar-refractivity contribution in [3.63, 3.8) is 0 Å². The summed E-state index contributed by atoms with van der Waals surface area (Å²) < 4.78 is 2.24. The third kappa shape index (κ3) is 1.88. The number of fused-ring (bicyclic) bond motifs is 10. The molecule has 0 unspecified atom stereocenters. The zero-order valence-electron chi connectivity index (χ0n) is 14.3. The molecule has 0 saturated heterocycles. The molecule has 2 heteroatoms. The van der Waals surface area contributed by atoms with Gasteiger partial charge in [0.15, 0.2) is 0 Å². The quantitative estimate of drug-likeness (QED) is 0.213. The molecule has 4 aromatic carbocycles. The highest BCUT2D eigenvalue weighted by Gasteiger charge is 2.51. The number of benzene rings is 4. The van der Waals surface area contributed by atoms with Crippen molar-refractivity contribution in [2.45, 2.75) is 5.41 Å². The zero-order chi connectivity index (χ0) is 18.2. The fraction of sp³-hybridized carbons (Fsp3) is 0.0400. The molecule has 0 radical (unpaired) electrons. The summed E-state index contributed by atoms with van der Waals surface area (Å²) in [4.78, 5) is 0. The van der Waals surface area contributed by atoms with E-state index in [-0.39, 0.29) is 5.41 Å². The van der Waals surface area contributed by atoms with Gasteiger partial charge in [0.1, 0.15) is 0 Å². The van der Waals surface area contributed by atoms with Gasteiger partial charge in [-0.25, -0.2) is 0 Å². The first-order valence-electron chi connectivity index (χ1n) is 9.01. The Morgan fingerprint density at radius 2 is 0.963 bits per heavy atom. The van der Waals surface area contributed by atoms with Gasteiger partial charge in [0.05, 0.1) is 5.41 Å². The lowest BCUT2D eigenvalue weighted by Crippen LogP contribution is -2.25. The highest BCUT2D eigenvalue weighted by molar-refractivity contribution is 9.10. The van der Waals surface area contributed by atoms with Gasteiger partial charge in [0.2, 0.25) is 0 Å². The van der Waals surface area contributed by atoms with Crippen molar-refractivity contribution in [2.24, 2.45) is 0 Å². The molecule has 27 heavy (non-hydrogen) atoms. The van der Waals surface area contributed by atoms with E-state index in [2.05, 4.69) is 117 Å². The molecule has 0 heterocycles. The Morgan fingerprint density at radius 3 is 1.67 bits per heavy atom. The first-order chi connectivity index (χ1) is 13.2. The molecule has 0 bridgehead atoms. The molecule has 0 fully saturated rings. The van der Waals surface area contributed by atoms with Crippen LogP contribution in [0.4, 0.5) is 0 Å². The number of halogens is 2. The largest absolute Gasteiger partial charge is 0.0725 e. The fourth-order valence-corrected chi connectivity index (χ4v) is 5.81. The molecule has 0 atom stereocenters. The van der Waals surface area contributed by atoms with E-state index in [1.807, 2.05) is 0 Å². The van der Waals surface area contributed by atoms with E-state index in [1.165, 1.54) is 44.5 Å². The summed E-state index contributed by atoms with van der Waals surface area (Å²) in [6, 6.07) is 31.2. The molecule has 2 aliphatic rings. The van der Waals surface area contributed by atoms with Crippen LogP contribution in [0.3, 0.4) is 0 Å². The van der Waals surface area contributed by atoms with Crippen molar-refractivity contribution in [1.29, 1.82) is 0 Å². The van der Waals surface area contributed by atoms with E-state index in [9.17, 15) is 0 Å². The lowest BCUT2D eigenvalue weighted by atomic mass is 9.70. The molecule has 0 N–H and O–H groups in total. The molecule has 128 valence electrons. The van der Waals surface area contributed by atoms with Crippen LogP contribution >= 0.6 is 31.9 Å². The van der Waals surface area contributed by atoms with E-state index < -0.39 is 0 Å². The first kappa shape index (κ1) is 15.9. The van der Waals surface area contributed by atoms with Crippen LogP contribution in [0.1, 0.15) is 22.3 Å². The van der Waals surface area contributed by atoms with Gasteiger partial charge in [-0.1, -0.05) is 92.5 Å². The van der Waals surface area contributed by atoms with E-state index >= 15 is 0 Å². The van der Waals surface area contributed by atoms with Crippen molar-refractivity contribution >= 4 is 31.9 Å². The van der Waals surface area contributed by atoms with Crippen LogP contribution < -0.4 is 0 Å². The molecule has 4 aromatic rings. The van der Waals surface area contributed by atoms with Crippen LogP contribution in [-0.4, -0.2) is 0 Å². The molecule has 0 aliphatic heterocycles. The van der Waals surface area contributed by atoms with Gasteiger partial charge in [-0.05, 0) is 68.8 Å². The van der Waals surface area contributed by atoms with E-state index in [0.717, 1.165) is 8.95 Å². The standard InChI is InChI=1S/C25H14Br2/c26-15-10-12-23-20(13-15)19-11-9-16(27)14-24(19)25(23)21-7-3-1-5-17(21)18-6-2-4-8-22(18)25/h1-14H. The highest BCUT2D eigenvalue weighted by atomic mass is 79.9. The van der Waals surface area contributed by atoms with Crippen LogP contribution in [0.5, 0.6) is 0 Å². The smallest absolute Gasteiger partial charge is 0.0619 e. The molecular weight excluding hydrogens is 460 g/mol. The van der Waals surface area contributed by atoms with E-state index in [0.29, 0.717) is 0 Å². The molecule has 0 amide bonds. The summed E-state index contributed by atoms with van der Waals surface area (Å²) in [5.74, 6) is 0.